The molecule has 0 radical (unpaired) electrons. The van der Waals surface area contributed by atoms with Crippen LogP contribution in [0.25, 0.3) is 0 Å². The minimum absolute atomic E-state index is 1.01. The number of aliphatic imine (C=N–C) groups is 1. The van der Waals surface area contributed by atoms with Gasteiger partial charge >= 0.3 is 0 Å². The minimum atomic E-state index is 1.01. The molecule has 3 nitrogen and oxygen atoms in total. The van der Waals surface area contributed by atoms with Crippen LogP contribution in [0.15, 0.2) is 29.5 Å². The molecule has 1 N–H and O–H groups in total. The summed E-state index contributed by atoms with van der Waals surface area (Å²) in [4.78, 5) is 6.56. The average Bonchev–Trinajstić information content (AvgIpc) is 2.19. The third-order valence-corrected chi connectivity index (χ3v) is 1.97. The zero-order valence-corrected chi connectivity index (χ0v) is 8.16. The molecule has 0 aromatic heterocycles. The summed E-state index contributed by atoms with van der Waals surface area (Å²) >= 11 is 0. The van der Waals surface area contributed by atoms with E-state index in [1.807, 2.05) is 19.2 Å². The first-order valence-electron chi connectivity index (χ1n) is 4.65. The maximum absolute atomic E-state index is 4.30. The second kappa shape index (κ2) is 5.54. The van der Waals surface area contributed by atoms with E-state index in [1.165, 1.54) is 0 Å². The minimum Gasteiger partial charge on any atom is -0.354 e. The third kappa shape index (κ3) is 3.03. The van der Waals surface area contributed by atoms with Gasteiger partial charge in [-0.1, -0.05) is 12.7 Å². The Morgan fingerprint density at radius 2 is 2.15 bits per heavy atom. The standard InChI is InChI=1S/C10H17N3/c1-3-5-10(12-4-2)13-8-6-11-7-9-13/h3-5,11H,1,6-9H2,2H3/b10-5+,12-4-. The lowest BCUT2D eigenvalue weighted by molar-refractivity contribution is 0.297. The molecule has 0 bridgehead atoms. The van der Waals surface area contributed by atoms with Crippen LogP contribution in [0.5, 0.6) is 0 Å². The molecule has 0 aliphatic carbocycles. The fraction of sp³-hybridized carbons (Fsp3) is 0.500. The molecule has 0 amide bonds. The average molecular weight is 179 g/mol. The van der Waals surface area contributed by atoms with Crippen molar-refractivity contribution in [2.24, 2.45) is 4.99 Å². The van der Waals surface area contributed by atoms with Gasteiger partial charge in [-0.25, -0.2) is 4.99 Å². The Labute approximate surface area is 79.8 Å². The molecule has 0 unspecified atom stereocenters. The van der Waals surface area contributed by atoms with Crippen LogP contribution in [0.4, 0.5) is 0 Å². The molecule has 1 aliphatic rings. The summed E-state index contributed by atoms with van der Waals surface area (Å²) in [5.41, 5.74) is 0. The van der Waals surface area contributed by atoms with Crippen LogP contribution in [-0.4, -0.2) is 37.3 Å². The highest BCUT2D eigenvalue weighted by atomic mass is 15.2. The van der Waals surface area contributed by atoms with Gasteiger partial charge in [0, 0.05) is 32.4 Å². The number of hydrogen-bond donors (Lipinski definition) is 1. The van der Waals surface area contributed by atoms with Crippen molar-refractivity contribution in [2.75, 3.05) is 26.2 Å². The zero-order valence-electron chi connectivity index (χ0n) is 8.16. The summed E-state index contributed by atoms with van der Waals surface area (Å²) in [6, 6.07) is 0. The largest absolute Gasteiger partial charge is 0.354 e. The maximum atomic E-state index is 4.30. The SMILES string of the molecule is C=C/C=C(\N=C/C)N1CCNCC1. The first-order valence-corrected chi connectivity index (χ1v) is 4.65. The predicted molar refractivity (Wildman–Crippen MR) is 56.9 cm³/mol. The van der Waals surface area contributed by atoms with E-state index in [0.29, 0.717) is 0 Å². The number of hydrogen-bond acceptors (Lipinski definition) is 3. The van der Waals surface area contributed by atoms with E-state index in [-0.39, 0.29) is 0 Å². The lowest BCUT2D eigenvalue weighted by atomic mass is 10.3. The van der Waals surface area contributed by atoms with Crippen molar-refractivity contribution < 1.29 is 0 Å². The van der Waals surface area contributed by atoms with E-state index in [0.717, 1.165) is 32.0 Å². The Morgan fingerprint density at radius 3 is 2.69 bits per heavy atom. The highest BCUT2D eigenvalue weighted by Crippen LogP contribution is 2.06. The van der Waals surface area contributed by atoms with Crippen LogP contribution in [0.3, 0.4) is 0 Å². The van der Waals surface area contributed by atoms with Crippen molar-refractivity contribution in [1.29, 1.82) is 0 Å². The van der Waals surface area contributed by atoms with Crippen LogP contribution in [0.2, 0.25) is 0 Å². The molecular weight excluding hydrogens is 162 g/mol. The summed E-state index contributed by atoms with van der Waals surface area (Å²) < 4.78 is 0. The van der Waals surface area contributed by atoms with E-state index < -0.39 is 0 Å². The molecule has 0 atom stereocenters. The van der Waals surface area contributed by atoms with Gasteiger partial charge in [-0.2, -0.15) is 0 Å². The van der Waals surface area contributed by atoms with E-state index in [9.17, 15) is 0 Å². The number of nitrogens with one attached hydrogen (secondary N) is 1. The van der Waals surface area contributed by atoms with Gasteiger partial charge in [0.15, 0.2) is 0 Å². The van der Waals surface area contributed by atoms with Crippen LogP contribution >= 0.6 is 0 Å². The summed E-state index contributed by atoms with van der Waals surface area (Å²) in [6.07, 6.45) is 5.55. The van der Waals surface area contributed by atoms with E-state index in [2.05, 4.69) is 21.8 Å². The topological polar surface area (TPSA) is 27.6 Å². The van der Waals surface area contributed by atoms with E-state index in [4.69, 9.17) is 0 Å². The third-order valence-electron chi connectivity index (χ3n) is 1.97. The van der Waals surface area contributed by atoms with Gasteiger partial charge in [0.05, 0.1) is 0 Å². The van der Waals surface area contributed by atoms with Crippen molar-refractivity contribution in [3.05, 3.63) is 24.6 Å². The molecule has 72 valence electrons. The van der Waals surface area contributed by atoms with Gasteiger partial charge in [-0.05, 0) is 13.0 Å². The normalized spacial score (nSPS) is 19.5. The first kappa shape index (κ1) is 9.99. The van der Waals surface area contributed by atoms with Crippen molar-refractivity contribution in [3.63, 3.8) is 0 Å². The molecule has 13 heavy (non-hydrogen) atoms. The van der Waals surface area contributed by atoms with Gasteiger partial charge in [-0.3, -0.25) is 0 Å². The summed E-state index contributed by atoms with van der Waals surface area (Å²) in [5.74, 6) is 1.01. The Bertz CT molecular complexity index is 212. The molecule has 0 aromatic carbocycles. The van der Waals surface area contributed by atoms with Crippen molar-refractivity contribution >= 4 is 6.21 Å². The Morgan fingerprint density at radius 1 is 1.46 bits per heavy atom. The molecule has 1 aliphatic heterocycles. The molecule has 1 saturated heterocycles. The van der Waals surface area contributed by atoms with Crippen LogP contribution < -0.4 is 5.32 Å². The van der Waals surface area contributed by atoms with Crippen LogP contribution in [-0.2, 0) is 0 Å². The summed E-state index contributed by atoms with van der Waals surface area (Å²) in [6.45, 7) is 9.74. The van der Waals surface area contributed by atoms with E-state index in [1.54, 1.807) is 6.08 Å². The summed E-state index contributed by atoms with van der Waals surface area (Å²) in [7, 11) is 0. The second-order valence-corrected chi connectivity index (χ2v) is 2.88. The van der Waals surface area contributed by atoms with E-state index >= 15 is 0 Å². The fourth-order valence-corrected chi connectivity index (χ4v) is 1.36. The smallest absolute Gasteiger partial charge is 0.128 e. The fourth-order valence-electron chi connectivity index (χ4n) is 1.36. The summed E-state index contributed by atoms with van der Waals surface area (Å²) in [5, 5.41) is 3.31. The van der Waals surface area contributed by atoms with Gasteiger partial charge in [-0.15, -0.1) is 0 Å². The Hall–Kier alpha value is -1.09. The quantitative estimate of drug-likeness (QED) is 0.517. The number of allylic oxidation sites excluding steroid dienone is 2. The second-order valence-electron chi connectivity index (χ2n) is 2.88. The number of rotatable bonds is 3. The number of nitrogens with zero attached hydrogens (tertiary/aromatic N) is 2. The Kier molecular flexibility index (Phi) is 4.26. The van der Waals surface area contributed by atoms with Crippen molar-refractivity contribution in [2.45, 2.75) is 6.92 Å². The molecule has 1 rings (SSSR count). The van der Waals surface area contributed by atoms with Crippen molar-refractivity contribution in [1.82, 2.24) is 10.2 Å². The molecular formula is C10H17N3. The van der Waals surface area contributed by atoms with Crippen LogP contribution in [0.1, 0.15) is 6.92 Å². The lowest BCUT2D eigenvalue weighted by Crippen LogP contribution is -2.42. The van der Waals surface area contributed by atoms with Gasteiger partial charge in [0.2, 0.25) is 0 Å². The van der Waals surface area contributed by atoms with Gasteiger partial charge < -0.3 is 10.2 Å². The molecule has 1 heterocycles. The first-order chi connectivity index (χ1) is 6.38. The van der Waals surface area contributed by atoms with Gasteiger partial charge in [0.1, 0.15) is 5.82 Å². The molecule has 1 fully saturated rings. The lowest BCUT2D eigenvalue weighted by Gasteiger charge is -2.29. The number of piperazine rings is 1. The van der Waals surface area contributed by atoms with Crippen LogP contribution in [0, 0.1) is 0 Å². The molecule has 0 spiro atoms. The molecule has 0 aromatic rings. The monoisotopic (exact) mass is 179 g/mol. The highest BCUT2D eigenvalue weighted by molar-refractivity contribution is 5.55. The molecule has 3 heteroatoms. The maximum Gasteiger partial charge on any atom is 0.128 e. The zero-order chi connectivity index (χ0) is 9.52. The molecule has 0 saturated carbocycles. The van der Waals surface area contributed by atoms with Gasteiger partial charge in [0.25, 0.3) is 0 Å². The predicted octanol–water partition coefficient (Wildman–Crippen LogP) is 1.01. The Balaban J connectivity index is 2.62. The highest BCUT2D eigenvalue weighted by Gasteiger charge is 2.10. The van der Waals surface area contributed by atoms with Crippen molar-refractivity contribution in [3.8, 4) is 0 Å².